The molecule has 4 rings (SSSR count). The topological polar surface area (TPSA) is 54.7 Å². The predicted octanol–water partition coefficient (Wildman–Crippen LogP) is 2.14. The van der Waals surface area contributed by atoms with E-state index in [0.29, 0.717) is 18.3 Å². The normalized spacial score (nSPS) is 23.0. The molecule has 2 aliphatic heterocycles. The van der Waals surface area contributed by atoms with Gasteiger partial charge in [-0.3, -0.25) is 19.5 Å². The fourth-order valence-corrected chi connectivity index (χ4v) is 4.25. The smallest absolute Gasteiger partial charge is 0.303 e. The average molecular weight is 401 g/mol. The Labute approximate surface area is 154 Å². The summed E-state index contributed by atoms with van der Waals surface area (Å²) in [7, 11) is 0. The summed E-state index contributed by atoms with van der Waals surface area (Å²) in [6, 6.07) is 9.83. The van der Waals surface area contributed by atoms with Gasteiger partial charge in [-0.15, -0.1) is 0 Å². The lowest BCUT2D eigenvalue weighted by Gasteiger charge is -2.35. The van der Waals surface area contributed by atoms with Gasteiger partial charge in [0, 0.05) is 28.9 Å². The lowest BCUT2D eigenvalue weighted by molar-refractivity contribution is -0.935. The highest BCUT2D eigenvalue weighted by molar-refractivity contribution is 9.10. The highest BCUT2D eigenvalue weighted by atomic mass is 79.9. The van der Waals surface area contributed by atoms with Gasteiger partial charge in [-0.25, -0.2) is 0 Å². The highest BCUT2D eigenvalue weighted by Gasteiger charge is 2.40. The van der Waals surface area contributed by atoms with Gasteiger partial charge >= 0.3 is 5.91 Å². The molecular formula is C19H19BrN3O2+. The molecule has 5 nitrogen and oxygen atoms in total. The number of pyridine rings is 1. The number of piperidine rings is 1. The third-order valence-electron chi connectivity index (χ3n) is 5.11. The summed E-state index contributed by atoms with van der Waals surface area (Å²) >= 11 is 3.38. The number of aromatic nitrogens is 1. The molecule has 2 atom stereocenters. The molecule has 0 saturated carbocycles. The summed E-state index contributed by atoms with van der Waals surface area (Å²) in [6.07, 6.45) is 7.08. The van der Waals surface area contributed by atoms with Crippen LogP contribution in [0.1, 0.15) is 41.2 Å². The number of likely N-dealkylation sites (tertiary alicyclic amines) is 1. The molecule has 1 aromatic carbocycles. The van der Waals surface area contributed by atoms with Crippen molar-refractivity contribution in [1.82, 2.24) is 4.98 Å². The second-order valence-electron chi connectivity index (χ2n) is 6.62. The number of fused-ring (bicyclic) bond motifs is 1. The van der Waals surface area contributed by atoms with Crippen molar-refractivity contribution < 1.29 is 14.5 Å². The minimum absolute atomic E-state index is 0.310. The fourth-order valence-electron chi connectivity index (χ4n) is 3.89. The first-order valence-corrected chi connectivity index (χ1v) is 9.34. The number of rotatable bonds is 3. The standard InChI is InChI=1S/C19H18BrN3O2/c20-14-6-7-17-15(10-14)18(24)19(25)23(17)12-22-9-2-1-5-16(22)13-4-3-8-21-11-13/h3-4,6-8,10-11,16H,1-2,5,9,12H2/p+1/t16-/m0/s1. The van der Waals surface area contributed by atoms with Crippen LogP contribution in [-0.4, -0.2) is 29.9 Å². The van der Waals surface area contributed by atoms with Crippen LogP contribution < -0.4 is 9.80 Å². The zero-order chi connectivity index (χ0) is 17.4. The van der Waals surface area contributed by atoms with E-state index < -0.39 is 11.7 Å². The summed E-state index contributed by atoms with van der Waals surface area (Å²) in [6.45, 7) is 1.50. The number of amides is 1. The van der Waals surface area contributed by atoms with Crippen LogP contribution >= 0.6 is 15.9 Å². The number of hydrogen-bond acceptors (Lipinski definition) is 3. The first-order valence-electron chi connectivity index (χ1n) is 8.55. The van der Waals surface area contributed by atoms with Gasteiger partial charge in [-0.05, 0) is 37.1 Å². The lowest BCUT2D eigenvalue weighted by atomic mass is 9.97. The van der Waals surface area contributed by atoms with E-state index in [-0.39, 0.29) is 0 Å². The van der Waals surface area contributed by atoms with Crippen LogP contribution in [0.4, 0.5) is 5.69 Å². The Morgan fingerprint density at radius 1 is 1.24 bits per heavy atom. The molecule has 1 N–H and O–H groups in total. The number of Topliss-reactive ketones (excluding diaryl/α,β-unsaturated/α-hetero) is 1. The van der Waals surface area contributed by atoms with Crippen LogP contribution in [0.5, 0.6) is 0 Å². The highest BCUT2D eigenvalue weighted by Crippen LogP contribution is 2.31. The molecule has 0 aliphatic carbocycles. The quantitative estimate of drug-likeness (QED) is 0.802. The number of ketones is 1. The van der Waals surface area contributed by atoms with Crippen LogP contribution in [0.3, 0.4) is 0 Å². The van der Waals surface area contributed by atoms with Crippen molar-refractivity contribution in [2.24, 2.45) is 0 Å². The molecule has 2 aromatic rings. The van der Waals surface area contributed by atoms with Crippen LogP contribution in [0.2, 0.25) is 0 Å². The second kappa shape index (κ2) is 6.69. The predicted molar refractivity (Wildman–Crippen MR) is 97.5 cm³/mol. The summed E-state index contributed by atoms with van der Waals surface area (Å²) in [5, 5.41) is 0. The zero-order valence-corrected chi connectivity index (χ0v) is 15.3. The van der Waals surface area contributed by atoms with E-state index in [0.717, 1.165) is 29.5 Å². The van der Waals surface area contributed by atoms with Gasteiger partial charge in [0.05, 0.1) is 17.8 Å². The van der Waals surface area contributed by atoms with E-state index in [1.165, 1.54) is 16.9 Å². The molecule has 1 saturated heterocycles. The van der Waals surface area contributed by atoms with Crippen LogP contribution in [-0.2, 0) is 4.79 Å². The maximum absolute atomic E-state index is 12.5. The van der Waals surface area contributed by atoms with Crippen molar-refractivity contribution >= 4 is 33.3 Å². The number of quaternary nitrogens is 1. The van der Waals surface area contributed by atoms with Crippen molar-refractivity contribution in [1.29, 1.82) is 0 Å². The first-order chi connectivity index (χ1) is 12.1. The minimum atomic E-state index is -0.420. The number of anilines is 1. The van der Waals surface area contributed by atoms with E-state index in [2.05, 4.69) is 27.0 Å². The third-order valence-corrected chi connectivity index (χ3v) is 5.61. The Hall–Kier alpha value is -2.05. The summed E-state index contributed by atoms with van der Waals surface area (Å²) in [5.41, 5.74) is 2.42. The summed E-state index contributed by atoms with van der Waals surface area (Å²) in [4.78, 5) is 32.1. The molecular weight excluding hydrogens is 382 g/mol. The monoisotopic (exact) mass is 400 g/mol. The Kier molecular flexibility index (Phi) is 4.39. The maximum atomic E-state index is 12.5. The largest absolute Gasteiger partial charge is 0.311 e. The Bertz CT molecular complexity index is 825. The first kappa shape index (κ1) is 16.4. The molecule has 1 unspecified atom stereocenters. The molecule has 1 aromatic heterocycles. The van der Waals surface area contributed by atoms with Gasteiger partial charge in [0.1, 0.15) is 6.04 Å². The maximum Gasteiger partial charge on any atom is 0.303 e. The number of hydrogen-bond donors (Lipinski definition) is 1. The molecule has 3 heterocycles. The molecule has 0 radical (unpaired) electrons. The van der Waals surface area contributed by atoms with Crippen molar-refractivity contribution in [3.8, 4) is 0 Å². The van der Waals surface area contributed by atoms with E-state index in [1.807, 2.05) is 24.4 Å². The average Bonchev–Trinajstić information content (AvgIpc) is 2.87. The van der Waals surface area contributed by atoms with Gasteiger partial charge in [0.2, 0.25) is 0 Å². The van der Waals surface area contributed by atoms with Crippen molar-refractivity contribution in [2.75, 3.05) is 18.1 Å². The van der Waals surface area contributed by atoms with E-state index in [9.17, 15) is 9.59 Å². The van der Waals surface area contributed by atoms with Gasteiger partial charge < -0.3 is 4.90 Å². The van der Waals surface area contributed by atoms with Crippen LogP contribution in [0.25, 0.3) is 0 Å². The summed E-state index contributed by atoms with van der Waals surface area (Å²) < 4.78 is 0.813. The SMILES string of the molecule is O=C1C(=O)N(C[NH+]2CCCC[C@H]2c2cccnc2)c2ccc(Br)cc21. The number of nitrogens with zero attached hydrogens (tertiary/aromatic N) is 2. The molecule has 128 valence electrons. The molecule has 1 amide bonds. The molecule has 1 fully saturated rings. The number of halogens is 1. The Morgan fingerprint density at radius 3 is 2.92 bits per heavy atom. The Morgan fingerprint density at radius 2 is 2.12 bits per heavy atom. The Balaban J connectivity index is 1.63. The number of carbonyl (C=O) groups is 2. The van der Waals surface area contributed by atoms with Gasteiger partial charge in [-0.2, -0.15) is 0 Å². The molecule has 0 bridgehead atoms. The van der Waals surface area contributed by atoms with Crippen LogP contribution in [0, 0.1) is 0 Å². The minimum Gasteiger partial charge on any atom is -0.311 e. The van der Waals surface area contributed by atoms with Crippen LogP contribution in [0.15, 0.2) is 47.2 Å². The van der Waals surface area contributed by atoms with E-state index in [1.54, 1.807) is 17.2 Å². The molecule has 6 heteroatoms. The molecule has 0 spiro atoms. The lowest BCUT2D eigenvalue weighted by Crippen LogP contribution is -3.14. The van der Waals surface area contributed by atoms with Gasteiger partial charge in [-0.1, -0.05) is 22.0 Å². The summed E-state index contributed by atoms with van der Waals surface area (Å²) in [5.74, 6) is -0.832. The molecule has 25 heavy (non-hydrogen) atoms. The second-order valence-corrected chi connectivity index (χ2v) is 7.54. The van der Waals surface area contributed by atoms with Gasteiger partial charge in [0.15, 0.2) is 6.67 Å². The fraction of sp³-hybridized carbons (Fsp3) is 0.316. The molecule has 2 aliphatic rings. The number of carbonyl (C=O) groups excluding carboxylic acids is 2. The third kappa shape index (κ3) is 3.00. The number of nitrogens with one attached hydrogen (secondary N) is 1. The van der Waals surface area contributed by atoms with E-state index in [4.69, 9.17) is 0 Å². The number of benzene rings is 1. The van der Waals surface area contributed by atoms with Crippen molar-refractivity contribution in [3.05, 3.63) is 58.3 Å². The van der Waals surface area contributed by atoms with Crippen molar-refractivity contribution in [2.45, 2.75) is 25.3 Å². The van der Waals surface area contributed by atoms with Crippen molar-refractivity contribution in [3.63, 3.8) is 0 Å². The van der Waals surface area contributed by atoms with E-state index >= 15 is 0 Å². The zero-order valence-electron chi connectivity index (χ0n) is 13.7. The van der Waals surface area contributed by atoms with Gasteiger partial charge in [0.25, 0.3) is 5.78 Å².